The van der Waals surface area contributed by atoms with Gasteiger partial charge in [-0.25, -0.2) is 9.80 Å². The lowest BCUT2D eigenvalue weighted by Gasteiger charge is -2.23. The van der Waals surface area contributed by atoms with Gasteiger partial charge in [-0.3, -0.25) is 34.2 Å². The third-order valence-corrected chi connectivity index (χ3v) is 7.10. The summed E-state index contributed by atoms with van der Waals surface area (Å²) >= 11 is 0. The molecule has 1 aliphatic heterocycles. The number of ether oxygens (including phenoxy) is 2. The van der Waals surface area contributed by atoms with E-state index in [1.165, 1.54) is 19.1 Å². The van der Waals surface area contributed by atoms with Crippen LogP contribution in [0.5, 0.6) is 5.75 Å². The van der Waals surface area contributed by atoms with Crippen molar-refractivity contribution in [2.45, 2.75) is 89.5 Å². The van der Waals surface area contributed by atoms with Gasteiger partial charge >= 0.3 is 11.9 Å². The number of carboxylic acid groups (broad SMARTS) is 1. The Kier molecular flexibility index (Phi) is 16.8. The number of phenolic OH excluding ortho intramolecular Hbond substituents is 1. The third-order valence-electron chi connectivity index (χ3n) is 7.10. The van der Waals surface area contributed by atoms with Gasteiger partial charge in [0.05, 0.1) is 6.61 Å². The molecule has 0 saturated carbocycles. The number of carbonyl (C=O) groups is 7. The van der Waals surface area contributed by atoms with Crippen LogP contribution in [0.3, 0.4) is 0 Å². The van der Waals surface area contributed by atoms with Crippen LogP contribution in [0, 0.1) is 0 Å². The number of carbonyl (C=O) groups excluding carboxylic acids is 6. The minimum atomic E-state index is -1.38. The molecule has 1 saturated heterocycles. The van der Waals surface area contributed by atoms with E-state index in [1.54, 1.807) is 19.1 Å². The number of amides is 5. The highest BCUT2D eigenvalue weighted by molar-refractivity contribution is 5.95. The molecule has 4 atom stereocenters. The Balaban J connectivity index is 1.87. The van der Waals surface area contributed by atoms with Gasteiger partial charge < -0.3 is 41.4 Å². The lowest BCUT2D eigenvalue weighted by atomic mass is 10.0. The maximum atomic E-state index is 13.2. The number of hydrazine groups is 1. The quantitative estimate of drug-likeness (QED) is 0.0358. The van der Waals surface area contributed by atoms with Gasteiger partial charge in [0.25, 0.3) is 5.91 Å². The number of epoxide rings is 1. The largest absolute Gasteiger partial charge is 0.508 e. The molecule has 2 rings (SSSR count). The van der Waals surface area contributed by atoms with E-state index in [0.29, 0.717) is 55.6 Å². The molecule has 1 aliphatic rings. The summed E-state index contributed by atoms with van der Waals surface area (Å²) in [4.78, 5) is 86.0. The molecule has 1 heterocycles. The molecule has 1 aromatic carbocycles. The molecule has 17 heteroatoms. The highest BCUT2D eigenvalue weighted by Crippen LogP contribution is 2.25. The molecule has 48 heavy (non-hydrogen) atoms. The summed E-state index contributed by atoms with van der Waals surface area (Å²) in [5.41, 5.74) is 8.47. The van der Waals surface area contributed by atoms with Crippen molar-refractivity contribution in [3.05, 3.63) is 29.8 Å². The summed E-state index contributed by atoms with van der Waals surface area (Å²) in [7, 11) is 0. The smallest absolute Gasteiger partial charge is 0.338 e. The summed E-state index contributed by atoms with van der Waals surface area (Å²) in [6, 6.07) is 4.34. The van der Waals surface area contributed by atoms with Crippen LogP contribution in [-0.4, -0.2) is 107 Å². The van der Waals surface area contributed by atoms with Crippen molar-refractivity contribution in [3.8, 4) is 5.75 Å². The first-order valence-corrected chi connectivity index (χ1v) is 15.8. The monoisotopic (exact) mass is 678 g/mol. The minimum absolute atomic E-state index is 0.0452. The van der Waals surface area contributed by atoms with Gasteiger partial charge in [0.2, 0.25) is 23.6 Å². The molecular formula is C31H46N6O11. The van der Waals surface area contributed by atoms with Crippen molar-refractivity contribution < 1.29 is 53.2 Å². The molecule has 5 amide bonds. The number of nitrogens with one attached hydrogen (secondary N) is 4. The molecule has 0 aliphatic carbocycles. The Bertz CT molecular complexity index is 1280. The highest BCUT2D eigenvalue weighted by atomic mass is 16.6. The van der Waals surface area contributed by atoms with Crippen molar-refractivity contribution >= 4 is 41.5 Å². The van der Waals surface area contributed by atoms with Crippen LogP contribution in [-0.2, 0) is 49.5 Å². The van der Waals surface area contributed by atoms with Crippen LogP contribution in [0.2, 0.25) is 0 Å². The zero-order valence-electron chi connectivity index (χ0n) is 27.2. The Morgan fingerprint density at radius 1 is 0.938 bits per heavy atom. The van der Waals surface area contributed by atoms with Crippen LogP contribution in [0.25, 0.3) is 0 Å². The number of rotatable bonds is 21. The zero-order chi connectivity index (χ0) is 35.6. The standard InChI is InChI=1S/C31H46N6O11/c1-3-47-31(46)27-26(48-27)30(45)37(18-25(41)42)36-24(40)10-5-4-8-16-33-28(43)23(17-20-11-13-21(39)14-12-20)35-29(44)22(34-19(2)38)9-6-7-15-32/h11-14,22-23,26-27,39H,3-10,15-18,32H2,1-2H3,(H,33,43)(H,34,38)(H,35,44)(H,36,40)(H,41,42)/t22-,23-,26-,27-/m0/s1. The second-order valence-electron chi connectivity index (χ2n) is 11.2. The molecule has 17 nitrogen and oxygen atoms in total. The minimum Gasteiger partial charge on any atom is -0.508 e. The first-order chi connectivity index (χ1) is 22.9. The topological polar surface area (TPSA) is 259 Å². The van der Waals surface area contributed by atoms with Gasteiger partial charge in [-0.2, -0.15) is 0 Å². The Morgan fingerprint density at radius 3 is 2.27 bits per heavy atom. The number of unbranched alkanes of at least 4 members (excludes halogenated alkanes) is 3. The molecule has 0 aromatic heterocycles. The highest BCUT2D eigenvalue weighted by Gasteiger charge is 2.53. The summed E-state index contributed by atoms with van der Waals surface area (Å²) in [5, 5.41) is 27.5. The second-order valence-corrected chi connectivity index (χ2v) is 11.2. The van der Waals surface area contributed by atoms with E-state index in [4.69, 9.17) is 20.3 Å². The van der Waals surface area contributed by atoms with Crippen LogP contribution in [0.4, 0.5) is 0 Å². The second kappa shape index (κ2) is 20.5. The van der Waals surface area contributed by atoms with Crippen LogP contribution >= 0.6 is 0 Å². The molecule has 0 unspecified atom stereocenters. The number of hydrogen-bond donors (Lipinski definition) is 7. The Labute approximate surface area is 278 Å². The van der Waals surface area contributed by atoms with Crippen LogP contribution in [0.1, 0.15) is 64.4 Å². The number of aromatic hydroxyl groups is 1. The van der Waals surface area contributed by atoms with E-state index in [1.807, 2.05) is 0 Å². The van der Waals surface area contributed by atoms with Gasteiger partial charge in [-0.1, -0.05) is 18.6 Å². The van der Waals surface area contributed by atoms with E-state index in [0.717, 1.165) is 0 Å². The van der Waals surface area contributed by atoms with Gasteiger partial charge in [0.15, 0.2) is 12.2 Å². The number of benzene rings is 1. The van der Waals surface area contributed by atoms with Crippen LogP contribution in [0.15, 0.2) is 24.3 Å². The number of phenols is 1. The van der Waals surface area contributed by atoms with Crippen LogP contribution < -0.4 is 27.1 Å². The third kappa shape index (κ3) is 14.3. The fraction of sp³-hybridized carbons (Fsp3) is 0.581. The predicted molar refractivity (Wildman–Crippen MR) is 169 cm³/mol. The van der Waals surface area contributed by atoms with E-state index >= 15 is 0 Å². The van der Waals surface area contributed by atoms with Crippen molar-refractivity contribution in [3.63, 3.8) is 0 Å². The maximum Gasteiger partial charge on any atom is 0.338 e. The van der Waals surface area contributed by atoms with Crippen molar-refractivity contribution in [2.24, 2.45) is 5.73 Å². The van der Waals surface area contributed by atoms with Gasteiger partial charge in [0, 0.05) is 26.3 Å². The number of nitrogens with zero attached hydrogens (tertiary/aromatic N) is 1. The molecule has 0 spiro atoms. The number of aliphatic carboxylic acids is 1. The normalized spacial score (nSPS) is 16.1. The molecule has 0 bridgehead atoms. The van der Waals surface area contributed by atoms with E-state index in [9.17, 15) is 38.7 Å². The summed E-state index contributed by atoms with van der Waals surface area (Å²) < 4.78 is 9.78. The summed E-state index contributed by atoms with van der Waals surface area (Å²) in [5.74, 6) is -4.99. The van der Waals surface area contributed by atoms with Gasteiger partial charge in [-0.05, 0) is 63.3 Å². The lowest BCUT2D eigenvalue weighted by Crippen LogP contribution is -2.54. The average Bonchev–Trinajstić information content (AvgIpc) is 3.83. The van der Waals surface area contributed by atoms with E-state index in [2.05, 4.69) is 21.4 Å². The zero-order valence-corrected chi connectivity index (χ0v) is 27.2. The van der Waals surface area contributed by atoms with Gasteiger partial charge in [-0.15, -0.1) is 0 Å². The average molecular weight is 679 g/mol. The summed E-state index contributed by atoms with van der Waals surface area (Å²) in [6.45, 7) is 2.76. The number of hydrogen-bond acceptors (Lipinski definition) is 11. The number of esters is 1. The van der Waals surface area contributed by atoms with Crippen molar-refractivity contribution in [2.75, 3.05) is 26.2 Å². The molecule has 8 N–H and O–H groups in total. The number of carboxylic acids is 1. The Morgan fingerprint density at radius 2 is 1.65 bits per heavy atom. The fourth-order valence-electron chi connectivity index (χ4n) is 4.65. The number of nitrogens with two attached hydrogens (primary N) is 1. The molecule has 1 fully saturated rings. The summed E-state index contributed by atoms with van der Waals surface area (Å²) in [6.07, 6.45) is 0.543. The SMILES string of the molecule is CCOC(=O)[C@H]1O[C@@H]1C(=O)N(CC(=O)O)NC(=O)CCCCCNC(=O)[C@H](Cc1ccc(O)cc1)NC(=O)[C@H](CCCCN)NC(C)=O. The fourth-order valence-corrected chi connectivity index (χ4v) is 4.65. The molecule has 266 valence electrons. The maximum absolute atomic E-state index is 13.2. The first kappa shape index (κ1) is 39.4. The van der Waals surface area contributed by atoms with Crippen molar-refractivity contribution in [1.82, 2.24) is 26.4 Å². The van der Waals surface area contributed by atoms with E-state index in [-0.39, 0.29) is 31.7 Å². The predicted octanol–water partition coefficient (Wildman–Crippen LogP) is -0.995. The van der Waals surface area contributed by atoms with E-state index < -0.39 is 72.3 Å². The first-order valence-electron chi connectivity index (χ1n) is 15.8. The van der Waals surface area contributed by atoms with Gasteiger partial charge in [0.1, 0.15) is 24.4 Å². The molecular weight excluding hydrogens is 632 g/mol. The molecule has 0 radical (unpaired) electrons. The van der Waals surface area contributed by atoms with Crippen molar-refractivity contribution in [1.29, 1.82) is 0 Å². The lowest BCUT2D eigenvalue weighted by molar-refractivity contribution is -0.150. The molecule has 1 aromatic rings. The Hall–Kier alpha value is -4.77.